The quantitative estimate of drug-likeness (QED) is 0.714. The maximum absolute atomic E-state index is 13.0. The molecule has 1 aromatic heterocycles. The van der Waals surface area contributed by atoms with E-state index in [0.29, 0.717) is 31.1 Å². The van der Waals surface area contributed by atoms with Crippen molar-refractivity contribution in [3.05, 3.63) is 66.5 Å². The third-order valence-electron chi connectivity index (χ3n) is 4.91. The maximum atomic E-state index is 13.0. The number of nitrogens with one attached hydrogen (secondary N) is 1. The first-order valence-electron chi connectivity index (χ1n) is 9.45. The van der Waals surface area contributed by atoms with E-state index in [0.717, 1.165) is 30.9 Å². The molecular weight excluding hydrogens is 354 g/mol. The molecule has 1 aliphatic heterocycles. The number of H-pyrrole nitrogens is 1. The van der Waals surface area contributed by atoms with Gasteiger partial charge in [0.2, 0.25) is 0 Å². The molecule has 1 saturated heterocycles. The predicted molar refractivity (Wildman–Crippen MR) is 106 cm³/mol. The molecule has 0 radical (unpaired) electrons. The Labute approximate surface area is 164 Å². The van der Waals surface area contributed by atoms with Crippen LogP contribution < -0.4 is 4.74 Å². The van der Waals surface area contributed by atoms with Crippen molar-refractivity contribution in [2.75, 3.05) is 39.3 Å². The molecule has 2 heterocycles. The number of hydrogen-bond acceptors (Lipinski definition) is 5. The molecule has 0 aliphatic carbocycles. The lowest BCUT2D eigenvalue weighted by Gasteiger charge is -2.34. The van der Waals surface area contributed by atoms with E-state index < -0.39 is 0 Å². The van der Waals surface area contributed by atoms with Crippen LogP contribution in [0, 0.1) is 0 Å². The number of aromatic amines is 1. The number of piperazine rings is 1. The lowest BCUT2D eigenvalue weighted by molar-refractivity contribution is 0.0621. The fraction of sp³-hybridized carbons (Fsp3) is 0.286. The summed E-state index contributed by atoms with van der Waals surface area (Å²) in [5.41, 5.74) is 1.43. The van der Waals surface area contributed by atoms with Gasteiger partial charge in [-0.1, -0.05) is 36.4 Å². The summed E-state index contributed by atoms with van der Waals surface area (Å²) in [5, 5.41) is 6.73. The summed E-state index contributed by atoms with van der Waals surface area (Å²) in [6.45, 7) is 4.59. The molecule has 0 unspecified atom stereocenters. The summed E-state index contributed by atoms with van der Waals surface area (Å²) in [4.78, 5) is 21.5. The van der Waals surface area contributed by atoms with Gasteiger partial charge in [-0.25, -0.2) is 4.98 Å². The summed E-state index contributed by atoms with van der Waals surface area (Å²) in [6.07, 6.45) is 1.45. The molecule has 28 heavy (non-hydrogen) atoms. The first kappa shape index (κ1) is 18.2. The Hall–Kier alpha value is -3.19. The molecule has 2 aromatic carbocycles. The largest absolute Gasteiger partial charge is 0.492 e. The number of para-hydroxylation sites is 1. The molecule has 0 bridgehead atoms. The maximum Gasteiger partial charge on any atom is 0.254 e. The Morgan fingerprint density at radius 3 is 2.50 bits per heavy atom. The van der Waals surface area contributed by atoms with E-state index in [9.17, 15) is 4.79 Å². The summed E-state index contributed by atoms with van der Waals surface area (Å²) in [6, 6.07) is 17.4. The molecular formula is C21H23N5O2. The van der Waals surface area contributed by atoms with Gasteiger partial charge in [-0.15, -0.1) is 0 Å². The van der Waals surface area contributed by atoms with Crippen LogP contribution in [0.15, 0.2) is 60.9 Å². The van der Waals surface area contributed by atoms with Crippen LogP contribution in [0.1, 0.15) is 10.4 Å². The number of benzene rings is 2. The van der Waals surface area contributed by atoms with Crippen molar-refractivity contribution in [1.82, 2.24) is 25.0 Å². The Morgan fingerprint density at radius 2 is 1.75 bits per heavy atom. The Morgan fingerprint density at radius 1 is 1.00 bits per heavy atom. The average molecular weight is 377 g/mol. The number of nitrogens with zero attached hydrogens (tertiary/aromatic N) is 4. The Kier molecular flexibility index (Phi) is 5.63. The van der Waals surface area contributed by atoms with Crippen LogP contribution in [-0.4, -0.2) is 70.2 Å². The summed E-state index contributed by atoms with van der Waals surface area (Å²) >= 11 is 0. The highest BCUT2D eigenvalue weighted by atomic mass is 16.5. The second kappa shape index (κ2) is 8.67. The van der Waals surface area contributed by atoms with Crippen molar-refractivity contribution >= 4 is 5.91 Å². The van der Waals surface area contributed by atoms with Gasteiger partial charge in [0.25, 0.3) is 5.91 Å². The highest BCUT2D eigenvalue weighted by Crippen LogP contribution is 2.21. The highest BCUT2D eigenvalue weighted by molar-refractivity contribution is 6.00. The fourth-order valence-corrected chi connectivity index (χ4v) is 3.37. The van der Waals surface area contributed by atoms with Gasteiger partial charge in [-0.3, -0.25) is 14.8 Å². The number of ether oxygens (including phenoxy) is 1. The van der Waals surface area contributed by atoms with Gasteiger partial charge in [-0.2, -0.15) is 5.10 Å². The van der Waals surface area contributed by atoms with Crippen molar-refractivity contribution in [2.24, 2.45) is 0 Å². The standard InChI is InChI=1S/C21H23N5O2/c27-21(19-9-5-4-8-18(19)20-22-16-23-24-20)26-12-10-25(11-13-26)14-15-28-17-6-2-1-3-7-17/h1-9,16H,10-15H2,(H,22,23,24). The molecule has 0 atom stereocenters. The van der Waals surface area contributed by atoms with Crippen LogP contribution in [0.2, 0.25) is 0 Å². The van der Waals surface area contributed by atoms with E-state index in [1.165, 1.54) is 6.33 Å². The first-order valence-corrected chi connectivity index (χ1v) is 9.45. The SMILES string of the molecule is O=C(c1ccccc1-c1ncn[nH]1)N1CCN(CCOc2ccccc2)CC1. The number of hydrogen-bond donors (Lipinski definition) is 1. The third-order valence-corrected chi connectivity index (χ3v) is 4.91. The molecule has 144 valence electrons. The van der Waals surface area contributed by atoms with Crippen molar-refractivity contribution in [1.29, 1.82) is 0 Å². The van der Waals surface area contributed by atoms with E-state index in [1.54, 1.807) is 0 Å². The second-order valence-corrected chi connectivity index (χ2v) is 6.68. The molecule has 4 rings (SSSR count). The van der Waals surface area contributed by atoms with Crippen LogP contribution in [0.25, 0.3) is 11.4 Å². The second-order valence-electron chi connectivity index (χ2n) is 6.68. The Bertz CT molecular complexity index is 890. The van der Waals surface area contributed by atoms with E-state index in [-0.39, 0.29) is 5.91 Å². The molecule has 7 heteroatoms. The summed E-state index contributed by atoms with van der Waals surface area (Å²) < 4.78 is 5.77. The van der Waals surface area contributed by atoms with Gasteiger partial charge < -0.3 is 9.64 Å². The van der Waals surface area contributed by atoms with Crippen LogP contribution in [-0.2, 0) is 0 Å². The average Bonchev–Trinajstić information content (AvgIpc) is 3.29. The summed E-state index contributed by atoms with van der Waals surface area (Å²) in [5.74, 6) is 1.54. The fourth-order valence-electron chi connectivity index (χ4n) is 3.37. The van der Waals surface area contributed by atoms with Crippen LogP contribution in [0.4, 0.5) is 0 Å². The summed E-state index contributed by atoms with van der Waals surface area (Å²) in [7, 11) is 0. The zero-order valence-electron chi connectivity index (χ0n) is 15.6. The number of carbonyl (C=O) groups is 1. The normalized spacial score (nSPS) is 14.8. The first-order chi connectivity index (χ1) is 13.8. The van der Waals surface area contributed by atoms with E-state index in [2.05, 4.69) is 20.1 Å². The van der Waals surface area contributed by atoms with Crippen LogP contribution in [0.3, 0.4) is 0 Å². The smallest absolute Gasteiger partial charge is 0.254 e. The zero-order valence-corrected chi connectivity index (χ0v) is 15.6. The van der Waals surface area contributed by atoms with Gasteiger partial charge in [0, 0.05) is 38.3 Å². The van der Waals surface area contributed by atoms with Crippen molar-refractivity contribution in [3.63, 3.8) is 0 Å². The predicted octanol–water partition coefficient (Wildman–Crippen LogP) is 2.31. The lowest BCUT2D eigenvalue weighted by atomic mass is 10.1. The molecule has 1 amide bonds. The minimum atomic E-state index is 0.0344. The minimum Gasteiger partial charge on any atom is -0.492 e. The Balaban J connectivity index is 1.31. The van der Waals surface area contributed by atoms with Gasteiger partial charge in [0.15, 0.2) is 5.82 Å². The highest BCUT2D eigenvalue weighted by Gasteiger charge is 2.24. The van der Waals surface area contributed by atoms with Crippen molar-refractivity contribution in [2.45, 2.75) is 0 Å². The number of rotatable bonds is 6. The molecule has 1 fully saturated rings. The molecule has 0 saturated carbocycles. The van der Waals surface area contributed by atoms with Gasteiger partial charge in [0.05, 0.1) is 5.56 Å². The monoisotopic (exact) mass is 377 g/mol. The zero-order chi connectivity index (χ0) is 19.2. The molecule has 3 aromatic rings. The van der Waals surface area contributed by atoms with Crippen LogP contribution in [0.5, 0.6) is 5.75 Å². The van der Waals surface area contributed by atoms with Gasteiger partial charge in [-0.05, 0) is 18.2 Å². The lowest BCUT2D eigenvalue weighted by Crippen LogP contribution is -2.49. The minimum absolute atomic E-state index is 0.0344. The van der Waals surface area contributed by atoms with E-state index >= 15 is 0 Å². The third kappa shape index (κ3) is 4.20. The van der Waals surface area contributed by atoms with Crippen LogP contribution >= 0.6 is 0 Å². The van der Waals surface area contributed by atoms with E-state index in [1.807, 2.05) is 59.5 Å². The molecule has 1 N–H and O–H groups in total. The van der Waals surface area contributed by atoms with E-state index in [4.69, 9.17) is 4.74 Å². The molecule has 7 nitrogen and oxygen atoms in total. The molecule has 0 spiro atoms. The van der Waals surface area contributed by atoms with Gasteiger partial charge >= 0.3 is 0 Å². The number of aromatic nitrogens is 3. The topological polar surface area (TPSA) is 74.4 Å². The number of carbonyl (C=O) groups excluding carboxylic acids is 1. The van der Waals surface area contributed by atoms with Crippen molar-refractivity contribution < 1.29 is 9.53 Å². The van der Waals surface area contributed by atoms with Gasteiger partial charge in [0.1, 0.15) is 18.7 Å². The molecule has 1 aliphatic rings. The number of amides is 1. The van der Waals surface area contributed by atoms with Crippen molar-refractivity contribution in [3.8, 4) is 17.1 Å².